The van der Waals surface area contributed by atoms with Crippen LogP contribution in [0, 0.1) is 11.6 Å². The van der Waals surface area contributed by atoms with E-state index in [9.17, 15) is 8.78 Å². The Labute approximate surface area is 104 Å². The Hall–Kier alpha value is -1.97. The van der Waals surface area contributed by atoms with Crippen LogP contribution in [0.5, 0.6) is 0 Å². The number of pyridine rings is 1. The van der Waals surface area contributed by atoms with Crippen LogP contribution < -0.4 is 5.32 Å². The molecule has 2 atom stereocenters. The van der Waals surface area contributed by atoms with Gasteiger partial charge in [0.2, 0.25) is 0 Å². The highest BCUT2D eigenvalue weighted by Gasteiger charge is 2.34. The number of hydrogen-bond acceptors (Lipinski definition) is 2. The van der Waals surface area contributed by atoms with Crippen LogP contribution in [0.15, 0.2) is 36.7 Å². The number of benzene rings is 1. The molecule has 2 unspecified atom stereocenters. The zero-order valence-corrected chi connectivity index (χ0v) is 9.82. The van der Waals surface area contributed by atoms with E-state index in [4.69, 9.17) is 0 Å². The van der Waals surface area contributed by atoms with Crippen LogP contribution >= 0.6 is 0 Å². The predicted molar refractivity (Wildman–Crippen MR) is 65.4 cm³/mol. The summed E-state index contributed by atoms with van der Waals surface area (Å²) in [7, 11) is 0. The average molecular weight is 246 g/mol. The fraction of sp³-hybridized carbons (Fsp3) is 0.214. The summed E-state index contributed by atoms with van der Waals surface area (Å²) in [6.07, 6.45) is 3.40. The van der Waals surface area contributed by atoms with Crippen molar-refractivity contribution >= 4 is 5.69 Å². The maximum Gasteiger partial charge on any atom is 0.146 e. The molecule has 2 nitrogen and oxygen atoms in total. The van der Waals surface area contributed by atoms with Crippen LogP contribution in [-0.2, 0) is 0 Å². The van der Waals surface area contributed by atoms with Crippen molar-refractivity contribution in [1.29, 1.82) is 0 Å². The van der Waals surface area contributed by atoms with Crippen molar-refractivity contribution in [2.75, 3.05) is 5.32 Å². The molecule has 0 amide bonds. The molecule has 0 saturated heterocycles. The zero-order chi connectivity index (χ0) is 12.7. The Balaban J connectivity index is 2.07. The number of rotatable bonds is 1. The molecule has 1 N–H and O–H groups in total. The van der Waals surface area contributed by atoms with Gasteiger partial charge < -0.3 is 5.32 Å². The highest BCUT2D eigenvalue weighted by Crippen LogP contribution is 2.45. The van der Waals surface area contributed by atoms with E-state index in [1.807, 2.05) is 19.1 Å². The third-order valence-electron chi connectivity index (χ3n) is 3.44. The lowest BCUT2D eigenvalue weighted by molar-refractivity contribution is 0.574. The highest BCUT2D eigenvalue weighted by molar-refractivity contribution is 5.61. The number of hydrogen-bond donors (Lipinski definition) is 1. The van der Waals surface area contributed by atoms with Gasteiger partial charge in [0.25, 0.3) is 0 Å². The van der Waals surface area contributed by atoms with Gasteiger partial charge in [-0.15, -0.1) is 0 Å². The van der Waals surface area contributed by atoms with Gasteiger partial charge in [-0.3, -0.25) is 4.98 Å². The van der Waals surface area contributed by atoms with E-state index in [2.05, 4.69) is 10.3 Å². The lowest BCUT2D eigenvalue weighted by atomic mass is 9.93. The van der Waals surface area contributed by atoms with Crippen LogP contribution in [0.2, 0.25) is 0 Å². The Bertz CT molecular complexity index is 584. The number of aromatic nitrogens is 1. The second-order valence-corrected chi connectivity index (χ2v) is 4.51. The second-order valence-electron chi connectivity index (χ2n) is 4.51. The highest BCUT2D eigenvalue weighted by atomic mass is 19.1. The summed E-state index contributed by atoms with van der Waals surface area (Å²) in [5, 5.41) is 3.05. The summed E-state index contributed by atoms with van der Waals surface area (Å²) in [5.74, 6) is -0.901. The molecule has 0 aliphatic carbocycles. The minimum atomic E-state index is -0.412. The molecule has 1 aromatic carbocycles. The van der Waals surface area contributed by atoms with Gasteiger partial charge in [0.15, 0.2) is 0 Å². The third-order valence-corrected chi connectivity index (χ3v) is 3.44. The Morgan fingerprint density at radius 1 is 1.17 bits per heavy atom. The molecule has 0 radical (unpaired) electrons. The van der Waals surface area contributed by atoms with E-state index < -0.39 is 5.82 Å². The van der Waals surface area contributed by atoms with Crippen molar-refractivity contribution in [2.45, 2.75) is 18.9 Å². The SMILES string of the molecule is CC1c2c(F)ccc(F)c2NC1c1cccnc1. The summed E-state index contributed by atoms with van der Waals surface area (Å²) in [5.41, 5.74) is 1.63. The Kier molecular flexibility index (Phi) is 2.51. The molecule has 0 spiro atoms. The molecular weight excluding hydrogens is 234 g/mol. The predicted octanol–water partition coefficient (Wildman–Crippen LogP) is 3.63. The summed E-state index contributed by atoms with van der Waals surface area (Å²) < 4.78 is 27.5. The molecule has 92 valence electrons. The van der Waals surface area contributed by atoms with Crippen LogP contribution in [0.1, 0.15) is 30.0 Å². The van der Waals surface area contributed by atoms with Crippen LogP contribution in [0.4, 0.5) is 14.5 Å². The topological polar surface area (TPSA) is 24.9 Å². The fourth-order valence-corrected chi connectivity index (χ4v) is 2.54. The molecule has 2 heterocycles. The van der Waals surface area contributed by atoms with Crippen molar-refractivity contribution in [3.8, 4) is 0 Å². The zero-order valence-electron chi connectivity index (χ0n) is 9.82. The van der Waals surface area contributed by atoms with Crippen molar-refractivity contribution in [1.82, 2.24) is 4.98 Å². The number of nitrogens with zero attached hydrogens (tertiary/aromatic N) is 1. The standard InChI is InChI=1S/C14H12F2N2/c1-8-12-10(15)4-5-11(16)14(12)18-13(8)9-3-2-6-17-7-9/h2-8,13,18H,1H3. The summed E-state index contributed by atoms with van der Waals surface area (Å²) in [4.78, 5) is 4.04. The molecular formula is C14H12F2N2. The quantitative estimate of drug-likeness (QED) is 0.831. The number of nitrogens with one attached hydrogen (secondary N) is 1. The molecule has 1 aliphatic heterocycles. The molecule has 18 heavy (non-hydrogen) atoms. The first kappa shape index (κ1) is 11.1. The van der Waals surface area contributed by atoms with E-state index in [0.717, 1.165) is 11.6 Å². The summed E-state index contributed by atoms with van der Waals surface area (Å²) in [6, 6.07) is 5.92. The molecule has 0 fully saturated rings. The van der Waals surface area contributed by atoms with Crippen molar-refractivity contribution < 1.29 is 8.78 Å². The smallest absolute Gasteiger partial charge is 0.146 e. The van der Waals surface area contributed by atoms with Gasteiger partial charge in [0.1, 0.15) is 11.6 Å². The number of anilines is 1. The van der Waals surface area contributed by atoms with Crippen molar-refractivity contribution in [3.05, 3.63) is 59.4 Å². The van der Waals surface area contributed by atoms with Gasteiger partial charge in [0.05, 0.1) is 11.7 Å². The van der Waals surface area contributed by atoms with Gasteiger partial charge in [-0.2, -0.15) is 0 Å². The molecule has 2 aromatic rings. The minimum absolute atomic E-state index is 0.125. The molecule has 1 aliphatic rings. The molecule has 0 saturated carbocycles. The summed E-state index contributed by atoms with van der Waals surface area (Å²) in [6.45, 7) is 1.89. The minimum Gasteiger partial charge on any atom is -0.375 e. The van der Waals surface area contributed by atoms with Gasteiger partial charge in [-0.1, -0.05) is 13.0 Å². The molecule has 3 rings (SSSR count). The third kappa shape index (κ3) is 1.56. The molecule has 4 heteroatoms. The number of halogens is 2. The molecule has 1 aromatic heterocycles. The largest absolute Gasteiger partial charge is 0.375 e. The lowest BCUT2D eigenvalue weighted by Crippen LogP contribution is -2.09. The first-order chi connectivity index (χ1) is 8.68. The van der Waals surface area contributed by atoms with E-state index in [1.165, 1.54) is 6.07 Å². The average Bonchev–Trinajstić information content (AvgIpc) is 2.74. The first-order valence-electron chi connectivity index (χ1n) is 5.83. The van der Waals surface area contributed by atoms with E-state index >= 15 is 0 Å². The number of fused-ring (bicyclic) bond motifs is 1. The van der Waals surface area contributed by atoms with Crippen molar-refractivity contribution in [3.63, 3.8) is 0 Å². The second kappa shape index (κ2) is 4.05. The van der Waals surface area contributed by atoms with Gasteiger partial charge in [-0.05, 0) is 23.8 Å². The van der Waals surface area contributed by atoms with Gasteiger partial charge >= 0.3 is 0 Å². The van der Waals surface area contributed by atoms with Crippen LogP contribution in [-0.4, -0.2) is 4.98 Å². The maximum absolute atomic E-state index is 13.8. The Morgan fingerprint density at radius 3 is 2.61 bits per heavy atom. The van der Waals surface area contributed by atoms with E-state index in [0.29, 0.717) is 5.56 Å². The molecule has 0 bridgehead atoms. The maximum atomic E-state index is 13.8. The van der Waals surface area contributed by atoms with Gasteiger partial charge in [0, 0.05) is 23.9 Å². The van der Waals surface area contributed by atoms with Crippen LogP contribution in [0.25, 0.3) is 0 Å². The Morgan fingerprint density at radius 2 is 1.94 bits per heavy atom. The normalized spacial score (nSPS) is 21.5. The lowest BCUT2D eigenvalue weighted by Gasteiger charge is -2.16. The fourth-order valence-electron chi connectivity index (χ4n) is 2.54. The first-order valence-corrected chi connectivity index (χ1v) is 5.83. The van der Waals surface area contributed by atoms with Crippen molar-refractivity contribution in [2.24, 2.45) is 0 Å². The van der Waals surface area contributed by atoms with E-state index in [-0.39, 0.29) is 23.5 Å². The van der Waals surface area contributed by atoms with E-state index in [1.54, 1.807) is 12.4 Å². The summed E-state index contributed by atoms with van der Waals surface area (Å²) >= 11 is 0. The van der Waals surface area contributed by atoms with Crippen LogP contribution in [0.3, 0.4) is 0 Å². The van der Waals surface area contributed by atoms with Gasteiger partial charge in [-0.25, -0.2) is 8.78 Å². The monoisotopic (exact) mass is 246 g/mol.